The monoisotopic (exact) mass is 260 g/mol. The molecule has 0 atom stereocenters. The Hall–Kier alpha value is -1.84. The maximum Gasteiger partial charge on any atom is 0.232 e. The third-order valence-electron chi connectivity index (χ3n) is 3.19. The van der Waals surface area contributed by atoms with Crippen LogP contribution in [0.4, 0.5) is 11.4 Å². The summed E-state index contributed by atoms with van der Waals surface area (Å²) >= 11 is 0. The van der Waals surface area contributed by atoms with E-state index in [4.69, 9.17) is 0 Å². The molecule has 0 saturated carbocycles. The molecule has 0 bridgehead atoms. The molecular weight excluding hydrogens is 240 g/mol. The zero-order valence-electron chi connectivity index (χ0n) is 11.9. The van der Waals surface area contributed by atoms with Gasteiger partial charge in [0.05, 0.1) is 11.4 Å². The number of nitrogens with zero attached hydrogens (tertiary/aromatic N) is 1. The van der Waals surface area contributed by atoms with Gasteiger partial charge in [0, 0.05) is 18.9 Å². The van der Waals surface area contributed by atoms with Crippen LogP contribution in [-0.4, -0.2) is 18.4 Å². The maximum absolute atomic E-state index is 12.5. The van der Waals surface area contributed by atoms with Crippen molar-refractivity contribution in [3.8, 4) is 0 Å². The Morgan fingerprint density at radius 3 is 2.53 bits per heavy atom. The summed E-state index contributed by atoms with van der Waals surface area (Å²) in [5.41, 5.74) is 2.27. The Bertz CT molecular complexity index is 529. The smallest absolute Gasteiger partial charge is 0.232 e. The summed E-state index contributed by atoms with van der Waals surface area (Å²) in [7, 11) is 0. The molecule has 0 saturated heterocycles. The average Bonchev–Trinajstić information content (AvgIpc) is 2.70. The van der Waals surface area contributed by atoms with Gasteiger partial charge < -0.3 is 10.2 Å². The van der Waals surface area contributed by atoms with E-state index in [2.05, 4.69) is 5.32 Å². The van der Waals surface area contributed by atoms with Gasteiger partial charge in [0.25, 0.3) is 0 Å². The zero-order chi connectivity index (χ0) is 14.2. The highest BCUT2D eigenvalue weighted by Gasteiger charge is 2.33. The van der Waals surface area contributed by atoms with Crippen molar-refractivity contribution in [3.05, 3.63) is 23.8 Å². The van der Waals surface area contributed by atoms with Gasteiger partial charge in [-0.25, -0.2) is 0 Å². The van der Waals surface area contributed by atoms with E-state index in [9.17, 15) is 9.59 Å². The van der Waals surface area contributed by atoms with Crippen molar-refractivity contribution in [1.29, 1.82) is 0 Å². The van der Waals surface area contributed by atoms with Crippen LogP contribution in [0.5, 0.6) is 0 Å². The molecule has 19 heavy (non-hydrogen) atoms. The number of carbonyl (C=O) groups excluding carboxylic acids is 2. The number of amides is 2. The molecule has 0 fully saturated rings. The number of carbonyl (C=O) groups is 2. The molecule has 0 radical (unpaired) electrons. The fraction of sp³-hybridized carbons (Fsp3) is 0.467. The molecule has 1 heterocycles. The quantitative estimate of drug-likeness (QED) is 0.843. The number of fused-ring (bicyclic) bond motifs is 1. The number of hydrogen-bond donors (Lipinski definition) is 1. The van der Waals surface area contributed by atoms with Gasteiger partial charge in [-0.15, -0.1) is 0 Å². The molecule has 1 aromatic carbocycles. The SMILES string of the molecule is CC(=O)Nc1cccc2c1N(C(=O)C(C)(C)C)CC2. The van der Waals surface area contributed by atoms with E-state index in [0.717, 1.165) is 23.4 Å². The van der Waals surface area contributed by atoms with E-state index in [1.165, 1.54) is 6.92 Å². The average molecular weight is 260 g/mol. The van der Waals surface area contributed by atoms with Crippen molar-refractivity contribution < 1.29 is 9.59 Å². The molecule has 2 rings (SSSR count). The van der Waals surface area contributed by atoms with Gasteiger partial charge in [-0.3, -0.25) is 9.59 Å². The first-order valence-corrected chi connectivity index (χ1v) is 6.52. The van der Waals surface area contributed by atoms with E-state index in [1.807, 2.05) is 39.0 Å². The van der Waals surface area contributed by atoms with Gasteiger partial charge in [-0.2, -0.15) is 0 Å². The summed E-state index contributed by atoms with van der Waals surface area (Å²) in [6, 6.07) is 5.76. The number of para-hydroxylation sites is 1. The largest absolute Gasteiger partial charge is 0.325 e. The number of nitrogens with one attached hydrogen (secondary N) is 1. The van der Waals surface area contributed by atoms with E-state index in [0.29, 0.717) is 6.54 Å². The van der Waals surface area contributed by atoms with Crippen LogP contribution in [0.25, 0.3) is 0 Å². The molecular formula is C15H20N2O2. The Labute approximate surface area is 113 Å². The lowest BCUT2D eigenvalue weighted by Crippen LogP contribution is -2.38. The standard InChI is InChI=1S/C15H20N2O2/c1-10(18)16-12-7-5-6-11-8-9-17(13(11)12)14(19)15(2,3)4/h5-7H,8-9H2,1-4H3,(H,16,18). The summed E-state index contributed by atoms with van der Waals surface area (Å²) in [5.74, 6) is -0.0347. The number of benzene rings is 1. The van der Waals surface area contributed by atoms with Gasteiger partial charge in [-0.05, 0) is 18.1 Å². The number of anilines is 2. The minimum absolute atomic E-state index is 0.0871. The summed E-state index contributed by atoms with van der Waals surface area (Å²) in [6.07, 6.45) is 0.838. The zero-order valence-corrected chi connectivity index (χ0v) is 11.9. The second-order valence-electron chi connectivity index (χ2n) is 5.95. The molecule has 0 unspecified atom stereocenters. The topological polar surface area (TPSA) is 49.4 Å². The highest BCUT2D eigenvalue weighted by Crippen LogP contribution is 2.37. The first kappa shape index (κ1) is 13.6. The predicted octanol–water partition coefficient (Wildman–Crippen LogP) is 2.58. The van der Waals surface area contributed by atoms with Crippen LogP contribution in [0.3, 0.4) is 0 Å². The van der Waals surface area contributed by atoms with Crippen LogP contribution in [0, 0.1) is 5.41 Å². The first-order valence-electron chi connectivity index (χ1n) is 6.52. The van der Waals surface area contributed by atoms with E-state index < -0.39 is 5.41 Å². The van der Waals surface area contributed by atoms with Crippen LogP contribution < -0.4 is 10.2 Å². The van der Waals surface area contributed by atoms with Crippen LogP contribution in [0.2, 0.25) is 0 Å². The van der Waals surface area contributed by atoms with Gasteiger partial charge in [0.1, 0.15) is 0 Å². The van der Waals surface area contributed by atoms with Gasteiger partial charge in [-0.1, -0.05) is 32.9 Å². The highest BCUT2D eigenvalue weighted by molar-refractivity contribution is 6.04. The lowest BCUT2D eigenvalue weighted by molar-refractivity contribution is -0.125. The number of hydrogen-bond acceptors (Lipinski definition) is 2. The molecule has 4 nitrogen and oxygen atoms in total. The fourth-order valence-electron chi connectivity index (χ4n) is 2.35. The maximum atomic E-state index is 12.5. The van der Waals surface area contributed by atoms with Crippen LogP contribution in [0.15, 0.2) is 18.2 Å². The third kappa shape index (κ3) is 2.62. The summed E-state index contributed by atoms with van der Waals surface area (Å²) < 4.78 is 0. The van der Waals surface area contributed by atoms with E-state index >= 15 is 0 Å². The molecule has 0 aromatic heterocycles. The van der Waals surface area contributed by atoms with Gasteiger partial charge >= 0.3 is 0 Å². The van der Waals surface area contributed by atoms with Gasteiger partial charge in [0.15, 0.2) is 0 Å². The minimum atomic E-state index is -0.426. The van der Waals surface area contributed by atoms with Crippen LogP contribution >= 0.6 is 0 Å². The minimum Gasteiger partial charge on any atom is -0.325 e. The second kappa shape index (κ2) is 4.68. The Morgan fingerprint density at radius 1 is 1.26 bits per heavy atom. The van der Waals surface area contributed by atoms with Crippen molar-refractivity contribution in [2.24, 2.45) is 5.41 Å². The lowest BCUT2D eigenvalue weighted by Gasteiger charge is -2.27. The second-order valence-corrected chi connectivity index (χ2v) is 5.95. The summed E-state index contributed by atoms with van der Waals surface area (Å²) in [6.45, 7) is 7.89. The van der Waals surface area contributed by atoms with Crippen LogP contribution in [0.1, 0.15) is 33.3 Å². The normalized spacial score (nSPS) is 14.2. The molecule has 1 aliphatic rings. The van der Waals surface area contributed by atoms with Crippen molar-refractivity contribution in [1.82, 2.24) is 0 Å². The molecule has 0 aliphatic carbocycles. The molecule has 2 amide bonds. The lowest BCUT2D eigenvalue weighted by atomic mass is 9.94. The Balaban J connectivity index is 2.42. The molecule has 4 heteroatoms. The van der Waals surface area contributed by atoms with E-state index in [-0.39, 0.29) is 11.8 Å². The summed E-state index contributed by atoms with van der Waals surface area (Å²) in [5, 5.41) is 2.81. The molecule has 0 spiro atoms. The van der Waals surface area contributed by atoms with Crippen LogP contribution in [-0.2, 0) is 16.0 Å². The van der Waals surface area contributed by atoms with Gasteiger partial charge in [0.2, 0.25) is 11.8 Å². The molecule has 102 valence electrons. The molecule has 1 N–H and O–H groups in total. The fourth-order valence-corrected chi connectivity index (χ4v) is 2.35. The first-order chi connectivity index (χ1) is 8.80. The Morgan fingerprint density at radius 2 is 1.95 bits per heavy atom. The number of rotatable bonds is 1. The van der Waals surface area contributed by atoms with E-state index in [1.54, 1.807) is 4.90 Å². The third-order valence-corrected chi connectivity index (χ3v) is 3.19. The van der Waals surface area contributed by atoms with Crippen molar-refractivity contribution in [3.63, 3.8) is 0 Å². The Kier molecular flexibility index (Phi) is 3.35. The predicted molar refractivity (Wildman–Crippen MR) is 76.3 cm³/mol. The van der Waals surface area contributed by atoms with Crippen molar-refractivity contribution in [2.75, 3.05) is 16.8 Å². The molecule has 1 aromatic rings. The highest BCUT2D eigenvalue weighted by atomic mass is 16.2. The molecule has 1 aliphatic heterocycles. The van der Waals surface area contributed by atoms with Crippen molar-refractivity contribution >= 4 is 23.2 Å². The van der Waals surface area contributed by atoms with Crippen molar-refractivity contribution in [2.45, 2.75) is 34.1 Å². The summed E-state index contributed by atoms with van der Waals surface area (Å²) in [4.78, 5) is 25.5.